The molecule has 136 valence electrons. The van der Waals surface area contributed by atoms with Gasteiger partial charge in [-0.05, 0) is 62.3 Å². The predicted octanol–water partition coefficient (Wildman–Crippen LogP) is 4.19. The minimum absolute atomic E-state index is 0.0587. The van der Waals surface area contributed by atoms with E-state index in [1.165, 1.54) is 29.7 Å². The fourth-order valence-corrected chi connectivity index (χ4v) is 3.19. The van der Waals surface area contributed by atoms with Gasteiger partial charge in [-0.25, -0.2) is 0 Å². The molecule has 0 spiro atoms. The van der Waals surface area contributed by atoms with Crippen LogP contribution < -0.4 is 10.1 Å². The monoisotopic (exact) mass is 354 g/mol. The first-order valence-corrected chi connectivity index (χ1v) is 8.79. The van der Waals surface area contributed by atoms with Crippen LogP contribution in [0, 0.1) is 17.0 Å². The summed E-state index contributed by atoms with van der Waals surface area (Å²) in [5.41, 5.74) is 3.60. The smallest absolute Gasteiger partial charge is 0.271 e. The average molecular weight is 354 g/mol. The first-order valence-electron chi connectivity index (χ1n) is 8.79. The molecule has 26 heavy (non-hydrogen) atoms. The average Bonchev–Trinajstić information content (AvgIpc) is 2.63. The number of hydrogen-bond donors (Lipinski definition) is 1. The number of anilines is 1. The highest BCUT2D eigenvalue weighted by Gasteiger charge is 2.20. The number of benzene rings is 2. The van der Waals surface area contributed by atoms with Gasteiger partial charge in [-0.1, -0.05) is 18.2 Å². The van der Waals surface area contributed by atoms with Gasteiger partial charge in [0.15, 0.2) is 6.10 Å². The number of fused-ring (bicyclic) bond motifs is 1. The number of amides is 1. The van der Waals surface area contributed by atoms with Crippen molar-refractivity contribution in [3.8, 4) is 5.75 Å². The maximum atomic E-state index is 12.5. The maximum absolute atomic E-state index is 12.5. The molecule has 2 aromatic carbocycles. The summed E-state index contributed by atoms with van der Waals surface area (Å²) in [7, 11) is 0. The van der Waals surface area contributed by atoms with Gasteiger partial charge in [-0.2, -0.15) is 0 Å². The predicted molar refractivity (Wildman–Crippen MR) is 99.6 cm³/mol. The van der Waals surface area contributed by atoms with Crippen LogP contribution in [0.25, 0.3) is 0 Å². The summed E-state index contributed by atoms with van der Waals surface area (Å²) in [5, 5.41) is 13.7. The van der Waals surface area contributed by atoms with Gasteiger partial charge in [-0.3, -0.25) is 14.9 Å². The van der Waals surface area contributed by atoms with Crippen LogP contribution in [-0.2, 0) is 17.6 Å². The van der Waals surface area contributed by atoms with Crippen molar-refractivity contribution in [1.82, 2.24) is 0 Å². The highest BCUT2D eigenvalue weighted by atomic mass is 16.6. The Morgan fingerprint density at radius 3 is 2.77 bits per heavy atom. The van der Waals surface area contributed by atoms with Crippen LogP contribution in [0.5, 0.6) is 5.75 Å². The van der Waals surface area contributed by atoms with Crippen LogP contribution in [0.4, 0.5) is 11.4 Å². The summed E-state index contributed by atoms with van der Waals surface area (Å²) in [6, 6.07) is 10.4. The Bertz CT molecular complexity index is 848. The van der Waals surface area contributed by atoms with Crippen molar-refractivity contribution < 1.29 is 14.5 Å². The molecule has 0 bridgehead atoms. The van der Waals surface area contributed by atoms with E-state index >= 15 is 0 Å². The number of rotatable bonds is 5. The quantitative estimate of drug-likeness (QED) is 0.645. The van der Waals surface area contributed by atoms with Crippen LogP contribution in [0.1, 0.15) is 36.5 Å². The van der Waals surface area contributed by atoms with Crippen molar-refractivity contribution in [2.75, 3.05) is 5.32 Å². The van der Waals surface area contributed by atoms with E-state index in [2.05, 4.69) is 11.4 Å². The van der Waals surface area contributed by atoms with Crippen LogP contribution in [0.3, 0.4) is 0 Å². The number of nitro benzene ring substituents is 1. The molecule has 1 aliphatic carbocycles. The van der Waals surface area contributed by atoms with E-state index in [1.54, 1.807) is 19.9 Å². The molecule has 0 aliphatic heterocycles. The molecule has 1 atom stereocenters. The van der Waals surface area contributed by atoms with Crippen molar-refractivity contribution in [2.24, 2.45) is 0 Å². The molecule has 0 heterocycles. The molecule has 1 amide bonds. The molecular weight excluding hydrogens is 332 g/mol. The fourth-order valence-electron chi connectivity index (χ4n) is 3.19. The van der Waals surface area contributed by atoms with Crippen molar-refractivity contribution in [3.63, 3.8) is 0 Å². The van der Waals surface area contributed by atoms with Gasteiger partial charge in [0, 0.05) is 12.1 Å². The first kappa shape index (κ1) is 17.9. The lowest BCUT2D eigenvalue weighted by Crippen LogP contribution is -2.31. The first-order chi connectivity index (χ1) is 12.5. The van der Waals surface area contributed by atoms with Crippen LogP contribution in [0.2, 0.25) is 0 Å². The third kappa shape index (κ3) is 3.85. The van der Waals surface area contributed by atoms with E-state index in [0.717, 1.165) is 30.6 Å². The third-order valence-corrected chi connectivity index (χ3v) is 4.72. The normalized spacial score (nSPS) is 14.2. The Morgan fingerprint density at radius 1 is 1.23 bits per heavy atom. The largest absolute Gasteiger partial charge is 0.481 e. The standard InChI is InChI=1S/C20H22N2O4/c1-13-10-11-16(22(24)25)12-18(13)21-20(23)14(2)26-19-9-5-7-15-6-3-4-8-17(15)19/h5,7,9-12,14H,3-4,6,8H2,1-2H3,(H,21,23)/t14-/m1/s1. The number of nitro groups is 1. The van der Waals surface area contributed by atoms with Crippen LogP contribution in [0.15, 0.2) is 36.4 Å². The Morgan fingerprint density at radius 2 is 2.00 bits per heavy atom. The second-order valence-corrected chi connectivity index (χ2v) is 6.61. The molecule has 0 saturated heterocycles. The van der Waals surface area contributed by atoms with Crippen molar-refractivity contribution in [2.45, 2.75) is 45.6 Å². The second kappa shape index (κ2) is 7.56. The van der Waals surface area contributed by atoms with Crippen molar-refractivity contribution >= 4 is 17.3 Å². The van der Waals surface area contributed by atoms with Gasteiger partial charge in [0.05, 0.1) is 10.6 Å². The SMILES string of the molecule is Cc1ccc([N+](=O)[O-])cc1NC(=O)[C@@H](C)Oc1cccc2c1CCCC2. The van der Waals surface area contributed by atoms with Crippen molar-refractivity contribution in [3.05, 3.63) is 63.2 Å². The Kier molecular flexibility index (Phi) is 5.21. The minimum atomic E-state index is -0.706. The summed E-state index contributed by atoms with van der Waals surface area (Å²) < 4.78 is 5.92. The van der Waals surface area contributed by atoms with E-state index in [1.807, 2.05) is 12.1 Å². The topological polar surface area (TPSA) is 81.5 Å². The Balaban J connectivity index is 1.73. The number of carbonyl (C=O) groups excluding carboxylic acids is 1. The molecule has 6 nitrogen and oxygen atoms in total. The molecule has 0 saturated carbocycles. The fraction of sp³-hybridized carbons (Fsp3) is 0.350. The molecule has 6 heteroatoms. The second-order valence-electron chi connectivity index (χ2n) is 6.61. The molecule has 2 aromatic rings. The van der Waals surface area contributed by atoms with Crippen LogP contribution in [-0.4, -0.2) is 16.9 Å². The molecular formula is C20H22N2O4. The number of hydrogen-bond acceptors (Lipinski definition) is 4. The van der Waals surface area contributed by atoms with Gasteiger partial charge in [0.25, 0.3) is 11.6 Å². The molecule has 3 rings (SSSR count). The lowest BCUT2D eigenvalue weighted by Gasteiger charge is -2.22. The van der Waals surface area contributed by atoms with E-state index in [9.17, 15) is 14.9 Å². The number of carbonyl (C=O) groups is 1. The van der Waals surface area contributed by atoms with E-state index in [4.69, 9.17) is 4.74 Å². The number of ether oxygens (including phenoxy) is 1. The summed E-state index contributed by atoms with van der Waals surface area (Å²) in [5.74, 6) is 0.419. The zero-order chi connectivity index (χ0) is 18.7. The summed E-state index contributed by atoms with van der Waals surface area (Å²) in [6.45, 7) is 3.47. The summed E-state index contributed by atoms with van der Waals surface area (Å²) in [4.78, 5) is 23.0. The lowest BCUT2D eigenvalue weighted by atomic mass is 9.91. The Labute approximate surface area is 152 Å². The zero-order valence-electron chi connectivity index (χ0n) is 15.0. The van der Waals surface area contributed by atoms with E-state index in [0.29, 0.717) is 5.69 Å². The Hall–Kier alpha value is -2.89. The third-order valence-electron chi connectivity index (χ3n) is 4.72. The lowest BCUT2D eigenvalue weighted by molar-refractivity contribution is -0.384. The van der Waals surface area contributed by atoms with Gasteiger partial charge in [0.2, 0.25) is 0 Å². The number of non-ortho nitro benzene ring substituents is 1. The molecule has 0 aromatic heterocycles. The van der Waals surface area contributed by atoms with E-state index < -0.39 is 11.0 Å². The summed E-state index contributed by atoms with van der Waals surface area (Å²) in [6.07, 6.45) is 3.60. The number of nitrogens with zero attached hydrogens (tertiary/aromatic N) is 1. The number of aryl methyl sites for hydroxylation is 2. The van der Waals surface area contributed by atoms with Gasteiger partial charge >= 0.3 is 0 Å². The van der Waals surface area contributed by atoms with E-state index in [-0.39, 0.29) is 11.6 Å². The van der Waals surface area contributed by atoms with Crippen LogP contribution >= 0.6 is 0 Å². The summed E-state index contributed by atoms with van der Waals surface area (Å²) >= 11 is 0. The molecule has 0 fully saturated rings. The highest BCUT2D eigenvalue weighted by molar-refractivity contribution is 5.95. The number of nitrogens with one attached hydrogen (secondary N) is 1. The molecule has 0 unspecified atom stereocenters. The van der Waals surface area contributed by atoms with Crippen molar-refractivity contribution in [1.29, 1.82) is 0 Å². The minimum Gasteiger partial charge on any atom is -0.481 e. The molecule has 1 aliphatic rings. The van der Waals surface area contributed by atoms with Gasteiger partial charge in [0.1, 0.15) is 5.75 Å². The highest BCUT2D eigenvalue weighted by Crippen LogP contribution is 2.30. The maximum Gasteiger partial charge on any atom is 0.271 e. The zero-order valence-corrected chi connectivity index (χ0v) is 15.0. The van der Waals surface area contributed by atoms with Gasteiger partial charge in [-0.15, -0.1) is 0 Å². The van der Waals surface area contributed by atoms with Gasteiger partial charge < -0.3 is 10.1 Å². The molecule has 1 N–H and O–H groups in total. The molecule has 0 radical (unpaired) electrons.